The van der Waals surface area contributed by atoms with E-state index in [4.69, 9.17) is 5.11 Å². The highest BCUT2D eigenvalue weighted by Gasteiger charge is 2.25. The zero-order valence-electron chi connectivity index (χ0n) is 21.2. The van der Waals surface area contributed by atoms with Crippen LogP contribution < -0.4 is 19.8 Å². The average molecular weight is 528 g/mol. The fraction of sp³-hybridized carbons (Fsp3) is 0.556. The molecule has 8 rings (SSSR count). The van der Waals surface area contributed by atoms with Gasteiger partial charge in [-0.3, -0.25) is 9.52 Å². The largest absolute Gasteiger partial charge is 0.395 e. The number of nitrogens with one attached hydrogen (secondary N) is 2. The van der Waals surface area contributed by atoms with Crippen molar-refractivity contribution in [3.8, 4) is 0 Å². The summed E-state index contributed by atoms with van der Waals surface area (Å²) in [7, 11) is -3.66. The molecular formula is C27H37N5O4S. The smallest absolute Gasteiger partial charge is 0.274 e. The molecule has 3 N–H and O–H groups in total. The Hall–Kier alpha value is -2.85. The normalized spacial score (nSPS) is 22.7. The maximum absolute atomic E-state index is 13.3. The van der Waals surface area contributed by atoms with Crippen LogP contribution in [-0.2, 0) is 10.0 Å². The second kappa shape index (κ2) is 11.3. The van der Waals surface area contributed by atoms with Crippen LogP contribution in [0, 0.1) is 11.8 Å². The second-order valence-corrected chi connectivity index (χ2v) is 12.3. The van der Waals surface area contributed by atoms with Crippen molar-refractivity contribution in [1.29, 1.82) is 0 Å². The molecule has 2 saturated heterocycles. The molecule has 9 nitrogen and oxygen atoms in total. The number of nitrogens with zero attached hydrogens (tertiary/aromatic N) is 3. The number of aromatic nitrogens is 1. The highest BCUT2D eigenvalue weighted by molar-refractivity contribution is 7.92. The highest BCUT2D eigenvalue weighted by Crippen LogP contribution is 2.35. The maximum atomic E-state index is 13.3. The number of carbonyl (C=O) groups is 1. The molecule has 0 unspecified atom stereocenters. The number of rotatable bonds is 4. The van der Waals surface area contributed by atoms with Crippen molar-refractivity contribution in [2.24, 2.45) is 11.8 Å². The molecule has 1 aromatic heterocycles. The molecule has 6 bridgehead atoms. The third-order valence-electron chi connectivity index (χ3n) is 7.96. The number of hydrogen-bond donors (Lipinski definition) is 3. The van der Waals surface area contributed by atoms with Crippen LogP contribution in [0.4, 0.5) is 22.9 Å². The predicted octanol–water partition coefficient (Wildman–Crippen LogP) is 3.68. The van der Waals surface area contributed by atoms with Crippen molar-refractivity contribution >= 4 is 38.8 Å². The first kappa shape index (κ1) is 25.8. The maximum Gasteiger partial charge on any atom is 0.274 e. The molecule has 0 aliphatic carbocycles. The van der Waals surface area contributed by atoms with Crippen molar-refractivity contribution in [3.63, 3.8) is 0 Å². The topological polar surface area (TPSA) is 115 Å². The van der Waals surface area contributed by atoms with Crippen molar-refractivity contribution in [2.45, 2.75) is 44.9 Å². The number of amides is 1. The fourth-order valence-electron chi connectivity index (χ4n) is 5.83. The Bertz CT molecular complexity index is 1210. The molecule has 6 aliphatic rings. The van der Waals surface area contributed by atoms with Gasteiger partial charge in [0.1, 0.15) is 11.5 Å². The lowest BCUT2D eigenvalue weighted by Gasteiger charge is -2.36. The van der Waals surface area contributed by atoms with E-state index >= 15 is 0 Å². The molecule has 6 aliphatic heterocycles. The number of pyridine rings is 1. The van der Waals surface area contributed by atoms with Crippen LogP contribution in [-0.4, -0.2) is 63.0 Å². The van der Waals surface area contributed by atoms with Crippen LogP contribution in [0.25, 0.3) is 0 Å². The first-order valence-corrected chi connectivity index (χ1v) is 15.1. The SMILES string of the molecule is O=C1Nc2ccc(NS(=O)(=O)CCO)cc2N2CCC(CCCC3CCN(CC3)c3cccc1n3)CC2. The molecule has 1 aromatic carbocycles. The predicted molar refractivity (Wildman–Crippen MR) is 147 cm³/mol. The van der Waals surface area contributed by atoms with Crippen molar-refractivity contribution < 1.29 is 18.3 Å². The summed E-state index contributed by atoms with van der Waals surface area (Å²) in [6, 6.07) is 10.7. The van der Waals surface area contributed by atoms with E-state index in [0.717, 1.165) is 56.4 Å². The fourth-order valence-corrected chi connectivity index (χ4v) is 6.66. The van der Waals surface area contributed by atoms with Gasteiger partial charge in [0.15, 0.2) is 0 Å². The van der Waals surface area contributed by atoms with Gasteiger partial charge in [-0.25, -0.2) is 13.4 Å². The van der Waals surface area contributed by atoms with E-state index in [1.165, 1.54) is 32.1 Å². The van der Waals surface area contributed by atoms with E-state index in [1.54, 1.807) is 24.3 Å². The van der Waals surface area contributed by atoms with Gasteiger partial charge in [-0.1, -0.05) is 25.3 Å². The van der Waals surface area contributed by atoms with Crippen molar-refractivity contribution in [3.05, 3.63) is 42.1 Å². The van der Waals surface area contributed by atoms with E-state index in [0.29, 0.717) is 23.0 Å². The summed E-state index contributed by atoms with van der Waals surface area (Å²) in [5.41, 5.74) is 2.19. The minimum atomic E-state index is -3.66. The number of hydrogen-bond acceptors (Lipinski definition) is 7. The lowest BCUT2D eigenvalue weighted by atomic mass is 9.86. The van der Waals surface area contributed by atoms with Crippen molar-refractivity contribution in [2.75, 3.05) is 58.4 Å². The van der Waals surface area contributed by atoms with Crippen LogP contribution >= 0.6 is 0 Å². The van der Waals surface area contributed by atoms with Crippen LogP contribution in [0.5, 0.6) is 0 Å². The zero-order valence-corrected chi connectivity index (χ0v) is 22.0. The average Bonchev–Trinajstić information content (AvgIpc) is 2.90. The number of anilines is 4. The Kier molecular flexibility index (Phi) is 7.85. The van der Waals surface area contributed by atoms with Gasteiger partial charge in [0.25, 0.3) is 5.91 Å². The Morgan fingerprint density at radius 2 is 1.62 bits per heavy atom. The summed E-state index contributed by atoms with van der Waals surface area (Å²) in [6.07, 6.45) is 8.31. The lowest BCUT2D eigenvalue weighted by molar-refractivity contribution is 0.102. The highest BCUT2D eigenvalue weighted by atomic mass is 32.2. The summed E-state index contributed by atoms with van der Waals surface area (Å²) in [4.78, 5) is 22.5. The van der Waals surface area contributed by atoms with Crippen LogP contribution in [0.1, 0.15) is 55.4 Å². The minimum absolute atomic E-state index is 0.289. The van der Waals surface area contributed by atoms with Gasteiger partial charge < -0.3 is 20.2 Å². The lowest BCUT2D eigenvalue weighted by Crippen LogP contribution is -2.35. The van der Waals surface area contributed by atoms with Gasteiger partial charge in [-0.15, -0.1) is 0 Å². The summed E-state index contributed by atoms with van der Waals surface area (Å²) in [6.45, 7) is 3.20. The first-order valence-electron chi connectivity index (χ1n) is 13.4. The molecule has 10 heteroatoms. The molecule has 0 spiro atoms. The van der Waals surface area contributed by atoms with E-state index in [-0.39, 0.29) is 11.7 Å². The summed E-state index contributed by atoms with van der Waals surface area (Å²) >= 11 is 0. The molecular weight excluding hydrogens is 490 g/mol. The van der Waals surface area contributed by atoms with Gasteiger partial charge in [0.05, 0.1) is 29.4 Å². The summed E-state index contributed by atoms with van der Waals surface area (Å²) in [5.74, 6) is 1.64. The van der Waals surface area contributed by atoms with Gasteiger partial charge in [-0.2, -0.15) is 0 Å². The van der Waals surface area contributed by atoms with E-state index in [2.05, 4.69) is 24.8 Å². The molecule has 200 valence electrons. The number of sulfonamides is 1. The summed E-state index contributed by atoms with van der Waals surface area (Å²) < 4.78 is 27.1. The van der Waals surface area contributed by atoms with Gasteiger partial charge in [0.2, 0.25) is 10.0 Å². The van der Waals surface area contributed by atoms with E-state index in [9.17, 15) is 13.2 Å². The Morgan fingerprint density at radius 1 is 0.946 bits per heavy atom. The van der Waals surface area contributed by atoms with Gasteiger partial charge >= 0.3 is 0 Å². The minimum Gasteiger partial charge on any atom is -0.395 e. The summed E-state index contributed by atoms with van der Waals surface area (Å²) in [5, 5.41) is 12.1. The Labute approximate surface area is 219 Å². The second-order valence-electron chi connectivity index (χ2n) is 10.5. The zero-order chi connectivity index (χ0) is 25.8. The molecule has 1 amide bonds. The van der Waals surface area contributed by atoms with Crippen molar-refractivity contribution in [1.82, 2.24) is 4.98 Å². The molecule has 37 heavy (non-hydrogen) atoms. The van der Waals surface area contributed by atoms with E-state index < -0.39 is 16.6 Å². The first-order chi connectivity index (χ1) is 17.9. The number of benzene rings is 1. The molecule has 2 fully saturated rings. The van der Waals surface area contributed by atoms with Crippen LogP contribution in [0.15, 0.2) is 36.4 Å². The van der Waals surface area contributed by atoms with Gasteiger partial charge in [0, 0.05) is 26.2 Å². The van der Waals surface area contributed by atoms with Crippen LogP contribution in [0.2, 0.25) is 0 Å². The number of aliphatic hydroxyl groups excluding tert-OH is 1. The quantitative estimate of drug-likeness (QED) is 0.556. The standard InChI is InChI=1S/C27H37N5O4S/c33-17-18-37(35,36)30-22-7-8-23-25(19-22)31-13-9-20(10-14-31)3-1-4-21-11-15-32(16-12-21)26-6-2-5-24(28-26)27(34)29-23/h2,5-8,19-21,30,33H,1,3-4,9-18H2,(H,29,34). The number of piperidine rings is 2. The molecule has 7 heterocycles. The third-order valence-corrected chi connectivity index (χ3v) is 9.23. The molecule has 0 radical (unpaired) electrons. The Morgan fingerprint density at radius 3 is 2.30 bits per heavy atom. The molecule has 2 aromatic rings. The van der Waals surface area contributed by atoms with Crippen LogP contribution in [0.3, 0.4) is 0 Å². The molecule has 0 atom stereocenters. The Balaban J connectivity index is 1.46. The molecule has 0 saturated carbocycles. The van der Waals surface area contributed by atoms with Gasteiger partial charge in [-0.05, 0) is 67.9 Å². The monoisotopic (exact) mass is 527 g/mol. The van der Waals surface area contributed by atoms with E-state index in [1.807, 2.05) is 12.1 Å². The number of carbonyl (C=O) groups excluding carboxylic acids is 1. The number of aliphatic hydroxyl groups is 1. The third kappa shape index (κ3) is 6.35.